The minimum absolute atomic E-state index is 0.0161. The first kappa shape index (κ1) is 22.8. The fourth-order valence-electron chi connectivity index (χ4n) is 3.39. The van der Waals surface area contributed by atoms with Crippen LogP contribution in [0.25, 0.3) is 0 Å². The highest BCUT2D eigenvalue weighted by molar-refractivity contribution is 5.98. The number of benzene rings is 1. The number of carbonyl (C=O) groups is 3. The van der Waals surface area contributed by atoms with Gasteiger partial charge in [-0.25, -0.2) is 0 Å². The second kappa shape index (κ2) is 12.2. The van der Waals surface area contributed by atoms with Crippen LogP contribution in [-0.2, 0) is 20.9 Å². The maximum atomic E-state index is 12.7. The molecule has 4 N–H and O–H groups in total. The molecule has 0 unspecified atom stereocenters. The second-order valence-electron chi connectivity index (χ2n) is 7.24. The summed E-state index contributed by atoms with van der Waals surface area (Å²) in [5.74, 6) is -0.821. The van der Waals surface area contributed by atoms with Crippen molar-refractivity contribution in [1.29, 1.82) is 0 Å². The van der Waals surface area contributed by atoms with Gasteiger partial charge < -0.3 is 26.0 Å². The molecule has 1 aromatic carbocycles. The Balaban J connectivity index is 2.26. The molecule has 0 saturated heterocycles. The molecular weight excluding hydrogens is 372 g/mol. The molecule has 0 aliphatic carbocycles. The summed E-state index contributed by atoms with van der Waals surface area (Å²) in [4.78, 5) is 37.7. The van der Waals surface area contributed by atoms with Gasteiger partial charge in [0.05, 0.1) is 0 Å². The smallest absolute Gasteiger partial charge is 0.252 e. The molecule has 0 aromatic heterocycles. The first-order valence-corrected chi connectivity index (χ1v) is 10.2. The monoisotopic (exact) mass is 404 g/mol. The molecule has 0 bridgehead atoms. The number of carbonyl (C=O) groups excluding carboxylic acids is 3. The van der Waals surface area contributed by atoms with Gasteiger partial charge in [-0.05, 0) is 43.1 Å². The predicted molar refractivity (Wildman–Crippen MR) is 112 cm³/mol. The Morgan fingerprint density at radius 2 is 1.93 bits per heavy atom. The van der Waals surface area contributed by atoms with Crippen LogP contribution in [0.1, 0.15) is 54.4 Å². The SMILES string of the molecule is COCC(=O)N1CCCCCCCNCc2cc(C(=O)NCCC(N)=O)ccc21. The van der Waals surface area contributed by atoms with Crippen molar-refractivity contribution < 1.29 is 19.1 Å². The zero-order valence-electron chi connectivity index (χ0n) is 17.2. The minimum atomic E-state index is -0.459. The molecule has 29 heavy (non-hydrogen) atoms. The Kier molecular flexibility index (Phi) is 9.59. The standard InChI is InChI=1S/C21H32N4O4/c1-29-15-20(27)25-12-6-4-2-3-5-10-23-14-17-13-16(7-8-18(17)25)21(28)24-11-9-19(22)26/h7-8,13,23H,2-6,9-12,14-15H2,1H3,(H2,22,26)(H,24,28). The number of fused-ring (bicyclic) bond motifs is 1. The van der Waals surface area contributed by atoms with Crippen LogP contribution in [0.4, 0.5) is 5.69 Å². The lowest BCUT2D eigenvalue weighted by Gasteiger charge is -2.26. The molecule has 1 aromatic rings. The van der Waals surface area contributed by atoms with Gasteiger partial charge in [0.1, 0.15) is 6.61 Å². The number of rotatable bonds is 6. The van der Waals surface area contributed by atoms with Gasteiger partial charge in [-0.3, -0.25) is 14.4 Å². The molecule has 0 spiro atoms. The summed E-state index contributed by atoms with van der Waals surface area (Å²) in [6.45, 7) is 2.29. The molecule has 0 atom stereocenters. The maximum absolute atomic E-state index is 12.7. The van der Waals surface area contributed by atoms with Crippen molar-refractivity contribution in [3.63, 3.8) is 0 Å². The van der Waals surface area contributed by atoms with E-state index in [0.717, 1.165) is 49.9 Å². The number of ether oxygens (including phenoxy) is 1. The molecule has 3 amide bonds. The molecule has 160 valence electrons. The Morgan fingerprint density at radius 1 is 1.17 bits per heavy atom. The van der Waals surface area contributed by atoms with Gasteiger partial charge in [-0.1, -0.05) is 19.3 Å². The second-order valence-corrected chi connectivity index (χ2v) is 7.24. The number of nitrogens with zero attached hydrogens (tertiary/aromatic N) is 1. The highest BCUT2D eigenvalue weighted by Gasteiger charge is 2.20. The first-order chi connectivity index (χ1) is 14.0. The van der Waals surface area contributed by atoms with Gasteiger partial charge in [-0.15, -0.1) is 0 Å². The molecule has 8 heteroatoms. The van der Waals surface area contributed by atoms with Crippen LogP contribution >= 0.6 is 0 Å². The molecule has 0 radical (unpaired) electrons. The van der Waals surface area contributed by atoms with E-state index in [1.54, 1.807) is 17.0 Å². The zero-order valence-corrected chi connectivity index (χ0v) is 17.2. The Labute approximate surface area is 172 Å². The van der Waals surface area contributed by atoms with Gasteiger partial charge in [0.2, 0.25) is 5.91 Å². The number of primary amides is 1. The molecule has 1 heterocycles. The third-order valence-electron chi connectivity index (χ3n) is 4.91. The lowest BCUT2D eigenvalue weighted by atomic mass is 10.0. The average Bonchev–Trinajstić information content (AvgIpc) is 2.68. The maximum Gasteiger partial charge on any atom is 0.252 e. The molecule has 2 rings (SSSR count). The van der Waals surface area contributed by atoms with Gasteiger partial charge in [0, 0.05) is 44.4 Å². The Bertz CT molecular complexity index is 708. The van der Waals surface area contributed by atoms with Gasteiger partial charge in [0.15, 0.2) is 0 Å². The molecule has 8 nitrogen and oxygen atoms in total. The number of anilines is 1. The molecule has 0 saturated carbocycles. The number of hydrogen-bond donors (Lipinski definition) is 3. The third kappa shape index (κ3) is 7.47. The van der Waals surface area contributed by atoms with Crippen LogP contribution < -0.4 is 21.3 Å². The summed E-state index contributed by atoms with van der Waals surface area (Å²) in [6, 6.07) is 5.33. The minimum Gasteiger partial charge on any atom is -0.375 e. The summed E-state index contributed by atoms with van der Waals surface area (Å²) >= 11 is 0. The zero-order chi connectivity index (χ0) is 21.1. The van der Waals surface area contributed by atoms with E-state index >= 15 is 0 Å². The first-order valence-electron chi connectivity index (χ1n) is 10.2. The molecular formula is C21H32N4O4. The van der Waals surface area contributed by atoms with E-state index in [4.69, 9.17) is 10.5 Å². The van der Waals surface area contributed by atoms with Crippen LogP contribution in [0.5, 0.6) is 0 Å². The van der Waals surface area contributed by atoms with E-state index in [0.29, 0.717) is 18.7 Å². The van der Waals surface area contributed by atoms with Crippen molar-refractivity contribution in [3.05, 3.63) is 29.3 Å². The number of methoxy groups -OCH3 is 1. The van der Waals surface area contributed by atoms with E-state index in [1.807, 2.05) is 6.07 Å². The predicted octanol–water partition coefficient (Wildman–Crippen LogP) is 1.32. The number of amides is 3. The Hall–Kier alpha value is -2.45. The fourth-order valence-corrected chi connectivity index (χ4v) is 3.39. The van der Waals surface area contributed by atoms with Crippen molar-refractivity contribution in [2.75, 3.05) is 38.3 Å². The summed E-state index contributed by atoms with van der Waals surface area (Å²) in [6.07, 6.45) is 5.52. The van der Waals surface area contributed by atoms with Crippen molar-refractivity contribution in [2.24, 2.45) is 5.73 Å². The molecule has 1 aliphatic heterocycles. The largest absolute Gasteiger partial charge is 0.375 e. The summed E-state index contributed by atoms with van der Waals surface area (Å²) in [5, 5.41) is 6.11. The van der Waals surface area contributed by atoms with Crippen LogP contribution in [0.15, 0.2) is 18.2 Å². The fraction of sp³-hybridized carbons (Fsp3) is 0.571. The average molecular weight is 405 g/mol. The number of nitrogens with one attached hydrogen (secondary N) is 2. The lowest BCUT2D eigenvalue weighted by molar-refractivity contribution is -0.122. The van der Waals surface area contributed by atoms with E-state index in [2.05, 4.69) is 10.6 Å². The quantitative estimate of drug-likeness (QED) is 0.662. The highest BCUT2D eigenvalue weighted by atomic mass is 16.5. The molecule has 1 aliphatic rings. The van der Waals surface area contributed by atoms with Crippen molar-refractivity contribution >= 4 is 23.4 Å². The summed E-state index contributed by atoms with van der Waals surface area (Å²) in [5.41, 5.74) is 7.29. The van der Waals surface area contributed by atoms with E-state index in [1.165, 1.54) is 7.11 Å². The van der Waals surface area contributed by atoms with Gasteiger partial charge in [0.25, 0.3) is 11.8 Å². The summed E-state index contributed by atoms with van der Waals surface area (Å²) in [7, 11) is 1.51. The van der Waals surface area contributed by atoms with E-state index in [-0.39, 0.29) is 31.4 Å². The van der Waals surface area contributed by atoms with Crippen molar-refractivity contribution in [3.8, 4) is 0 Å². The normalized spacial score (nSPS) is 15.6. The van der Waals surface area contributed by atoms with Crippen LogP contribution in [-0.4, -0.2) is 51.1 Å². The number of hydrogen-bond acceptors (Lipinski definition) is 5. The third-order valence-corrected chi connectivity index (χ3v) is 4.91. The van der Waals surface area contributed by atoms with Crippen molar-refractivity contribution in [2.45, 2.75) is 45.1 Å². The van der Waals surface area contributed by atoms with Crippen LogP contribution in [0.3, 0.4) is 0 Å². The topological polar surface area (TPSA) is 114 Å². The van der Waals surface area contributed by atoms with Gasteiger partial charge >= 0.3 is 0 Å². The van der Waals surface area contributed by atoms with Gasteiger partial charge in [-0.2, -0.15) is 0 Å². The number of nitrogens with two attached hydrogens (primary N) is 1. The lowest BCUT2D eigenvalue weighted by Crippen LogP contribution is -2.36. The summed E-state index contributed by atoms with van der Waals surface area (Å²) < 4.78 is 5.06. The van der Waals surface area contributed by atoms with Crippen LogP contribution in [0, 0.1) is 0 Å². The van der Waals surface area contributed by atoms with Crippen molar-refractivity contribution in [1.82, 2.24) is 10.6 Å². The van der Waals surface area contributed by atoms with Crippen LogP contribution in [0.2, 0.25) is 0 Å². The Morgan fingerprint density at radius 3 is 2.69 bits per heavy atom. The van der Waals surface area contributed by atoms with E-state index < -0.39 is 5.91 Å². The van der Waals surface area contributed by atoms with E-state index in [9.17, 15) is 14.4 Å². The molecule has 0 fully saturated rings. The highest BCUT2D eigenvalue weighted by Crippen LogP contribution is 2.24.